The Morgan fingerprint density at radius 1 is 0.455 bits per heavy atom. The van der Waals surface area contributed by atoms with Gasteiger partial charge in [0.25, 0.3) is 0 Å². The third-order valence-corrected chi connectivity index (χ3v) is 13.5. The molecule has 0 saturated heterocycles. The molecule has 1 amide bonds. The first kappa shape index (κ1) is 64.1. The number of esters is 1. The van der Waals surface area contributed by atoms with Crippen LogP contribution in [-0.2, 0) is 14.3 Å². The average molecular weight is 929 g/mol. The molecule has 0 fully saturated rings. The van der Waals surface area contributed by atoms with Crippen molar-refractivity contribution >= 4 is 11.9 Å². The molecule has 388 valence electrons. The van der Waals surface area contributed by atoms with Gasteiger partial charge in [0.2, 0.25) is 5.91 Å². The van der Waals surface area contributed by atoms with Crippen molar-refractivity contribution in [3.63, 3.8) is 0 Å². The third kappa shape index (κ3) is 48.5. The van der Waals surface area contributed by atoms with Gasteiger partial charge in [0, 0.05) is 6.42 Å². The first-order valence-electron chi connectivity index (χ1n) is 29.2. The largest absolute Gasteiger partial charge is 0.462 e. The van der Waals surface area contributed by atoms with Gasteiger partial charge >= 0.3 is 5.97 Å². The van der Waals surface area contributed by atoms with Gasteiger partial charge in [0.05, 0.1) is 25.2 Å². The van der Waals surface area contributed by atoms with Crippen LogP contribution in [0, 0.1) is 0 Å². The minimum Gasteiger partial charge on any atom is -0.462 e. The molecule has 0 saturated carbocycles. The maximum Gasteiger partial charge on any atom is 0.306 e. The van der Waals surface area contributed by atoms with Gasteiger partial charge in [-0.3, -0.25) is 9.59 Å². The van der Waals surface area contributed by atoms with Crippen molar-refractivity contribution in [3.05, 3.63) is 36.5 Å². The molecule has 6 heteroatoms. The molecule has 0 aliphatic carbocycles. The molecule has 3 atom stereocenters. The number of allylic oxidation sites excluding steroid dienone is 6. The maximum atomic E-state index is 13.3. The summed E-state index contributed by atoms with van der Waals surface area (Å²) in [5, 5.41) is 23.9. The number of aliphatic hydroxyl groups excluding tert-OH is 2. The molecule has 0 bridgehead atoms. The molecule has 0 radical (unpaired) electrons. The van der Waals surface area contributed by atoms with E-state index in [1.807, 2.05) is 0 Å². The quantitative estimate of drug-likeness (QED) is 0.0321. The van der Waals surface area contributed by atoms with Crippen LogP contribution in [0.25, 0.3) is 0 Å². The van der Waals surface area contributed by atoms with Crippen molar-refractivity contribution < 1.29 is 24.5 Å². The Hall–Kier alpha value is -1.92. The average Bonchev–Trinajstić information content (AvgIpc) is 3.31. The van der Waals surface area contributed by atoms with Gasteiger partial charge in [-0.1, -0.05) is 256 Å². The van der Waals surface area contributed by atoms with Crippen LogP contribution in [-0.4, -0.2) is 46.9 Å². The fraction of sp³-hybridized carbons (Fsp3) is 0.867. The molecule has 0 aromatic carbocycles. The SMILES string of the molecule is CC/C=C/C/C=C/CCCCCCCCCC(=O)OC(CCCCC/C=C/CCCCCCCCCCC)CC(=O)NC(CO)C(O)CCCCCCCCCCCCCCCCCCC. The fourth-order valence-corrected chi connectivity index (χ4v) is 9.05. The molecule has 0 aliphatic rings. The maximum absolute atomic E-state index is 13.3. The van der Waals surface area contributed by atoms with Crippen molar-refractivity contribution in [2.75, 3.05) is 6.61 Å². The number of ether oxygens (including phenoxy) is 1. The Kier molecular flexibility index (Phi) is 52.5. The highest BCUT2D eigenvalue weighted by Crippen LogP contribution is 2.18. The van der Waals surface area contributed by atoms with Gasteiger partial charge in [-0.05, 0) is 77.0 Å². The lowest BCUT2D eigenvalue weighted by Crippen LogP contribution is -2.46. The summed E-state index contributed by atoms with van der Waals surface area (Å²) in [6.07, 6.45) is 65.0. The zero-order valence-corrected chi connectivity index (χ0v) is 44.3. The normalized spacial score (nSPS) is 13.3. The predicted octanol–water partition coefficient (Wildman–Crippen LogP) is 18.0. The minimum absolute atomic E-state index is 0.0668. The number of hydrogen-bond donors (Lipinski definition) is 3. The van der Waals surface area contributed by atoms with Crippen molar-refractivity contribution in [2.45, 2.75) is 328 Å². The van der Waals surface area contributed by atoms with Gasteiger partial charge < -0.3 is 20.3 Å². The van der Waals surface area contributed by atoms with Crippen LogP contribution in [0.1, 0.15) is 310 Å². The molecule has 0 spiro atoms. The summed E-state index contributed by atoms with van der Waals surface area (Å²) >= 11 is 0. The summed E-state index contributed by atoms with van der Waals surface area (Å²) in [4.78, 5) is 26.3. The molecule has 0 aliphatic heterocycles. The van der Waals surface area contributed by atoms with Crippen molar-refractivity contribution in [2.24, 2.45) is 0 Å². The van der Waals surface area contributed by atoms with Crippen LogP contribution in [0.3, 0.4) is 0 Å². The van der Waals surface area contributed by atoms with Gasteiger partial charge in [0.1, 0.15) is 6.10 Å². The Morgan fingerprint density at radius 2 is 0.818 bits per heavy atom. The highest BCUT2D eigenvalue weighted by Gasteiger charge is 2.24. The molecular formula is C60H113NO5. The van der Waals surface area contributed by atoms with E-state index in [-0.39, 0.29) is 24.9 Å². The molecule has 6 nitrogen and oxygen atoms in total. The van der Waals surface area contributed by atoms with E-state index in [1.54, 1.807) is 0 Å². The van der Waals surface area contributed by atoms with Gasteiger partial charge in [-0.25, -0.2) is 0 Å². The zero-order chi connectivity index (χ0) is 48.1. The Labute approximate surface area is 411 Å². The van der Waals surface area contributed by atoms with Crippen LogP contribution in [0.4, 0.5) is 0 Å². The summed E-state index contributed by atoms with van der Waals surface area (Å²) in [5.74, 6) is -0.484. The second-order valence-electron chi connectivity index (χ2n) is 20.0. The Bertz CT molecular complexity index is 1090. The van der Waals surface area contributed by atoms with E-state index in [0.29, 0.717) is 19.3 Å². The van der Waals surface area contributed by atoms with Crippen LogP contribution >= 0.6 is 0 Å². The van der Waals surface area contributed by atoms with E-state index in [1.165, 1.54) is 186 Å². The zero-order valence-electron chi connectivity index (χ0n) is 44.3. The number of unbranched alkanes of at least 4 members (excludes halogenated alkanes) is 35. The smallest absolute Gasteiger partial charge is 0.306 e. The van der Waals surface area contributed by atoms with E-state index >= 15 is 0 Å². The van der Waals surface area contributed by atoms with E-state index in [0.717, 1.165) is 77.0 Å². The Balaban J connectivity index is 4.53. The fourth-order valence-electron chi connectivity index (χ4n) is 9.05. The van der Waals surface area contributed by atoms with Crippen LogP contribution in [0.5, 0.6) is 0 Å². The number of nitrogens with one attached hydrogen (secondary N) is 1. The van der Waals surface area contributed by atoms with Gasteiger partial charge in [0.15, 0.2) is 0 Å². The number of rotatable bonds is 53. The van der Waals surface area contributed by atoms with Crippen LogP contribution in [0.2, 0.25) is 0 Å². The lowest BCUT2D eigenvalue weighted by Gasteiger charge is -2.24. The summed E-state index contributed by atoms with van der Waals surface area (Å²) in [6, 6.07) is -0.707. The summed E-state index contributed by atoms with van der Waals surface area (Å²) < 4.78 is 5.95. The molecule has 0 rings (SSSR count). The number of aliphatic hydroxyl groups is 2. The Morgan fingerprint density at radius 3 is 1.26 bits per heavy atom. The topological polar surface area (TPSA) is 95.9 Å². The van der Waals surface area contributed by atoms with E-state index < -0.39 is 18.2 Å². The number of amides is 1. The first-order chi connectivity index (χ1) is 32.5. The molecule has 3 N–H and O–H groups in total. The molecule has 66 heavy (non-hydrogen) atoms. The second-order valence-corrected chi connectivity index (χ2v) is 20.0. The van der Waals surface area contributed by atoms with E-state index in [9.17, 15) is 19.8 Å². The highest BCUT2D eigenvalue weighted by molar-refractivity contribution is 5.77. The van der Waals surface area contributed by atoms with E-state index in [2.05, 4.69) is 62.5 Å². The number of carbonyl (C=O) groups is 2. The third-order valence-electron chi connectivity index (χ3n) is 13.5. The first-order valence-corrected chi connectivity index (χ1v) is 29.2. The summed E-state index contributed by atoms with van der Waals surface area (Å²) in [7, 11) is 0. The molecule has 3 unspecified atom stereocenters. The van der Waals surface area contributed by atoms with Crippen molar-refractivity contribution in [3.8, 4) is 0 Å². The van der Waals surface area contributed by atoms with Gasteiger partial charge in [-0.15, -0.1) is 0 Å². The number of hydrogen-bond acceptors (Lipinski definition) is 5. The highest BCUT2D eigenvalue weighted by atomic mass is 16.5. The molecular weight excluding hydrogens is 815 g/mol. The standard InChI is InChI=1S/C60H113NO5/c1-4-7-10-13-16-19-22-25-28-30-32-34-37-40-43-46-49-52-58(63)57(55-62)61-59(64)54-56(51-48-45-42-39-36-33-31-29-26-23-20-17-14-11-8-5-2)66-60(65)53-50-47-44-41-38-35-27-24-21-18-15-12-9-6-3/h9,12,18,21,33,36,56-58,62-63H,4-8,10-11,13-17,19-20,22-32,34-35,37-55H2,1-3H3,(H,61,64)/b12-9+,21-18+,36-33+. The minimum atomic E-state index is -0.792. The summed E-state index contributed by atoms with van der Waals surface area (Å²) in [6.45, 7) is 6.41. The predicted molar refractivity (Wildman–Crippen MR) is 287 cm³/mol. The second kappa shape index (κ2) is 54.0. The van der Waals surface area contributed by atoms with Crippen molar-refractivity contribution in [1.29, 1.82) is 0 Å². The number of carbonyl (C=O) groups excluding carboxylic acids is 2. The molecule has 0 aromatic heterocycles. The van der Waals surface area contributed by atoms with Gasteiger partial charge in [-0.2, -0.15) is 0 Å². The monoisotopic (exact) mass is 928 g/mol. The molecule has 0 heterocycles. The van der Waals surface area contributed by atoms with Crippen LogP contribution < -0.4 is 5.32 Å². The van der Waals surface area contributed by atoms with Crippen molar-refractivity contribution in [1.82, 2.24) is 5.32 Å². The van der Waals surface area contributed by atoms with E-state index in [4.69, 9.17) is 4.74 Å². The summed E-state index contributed by atoms with van der Waals surface area (Å²) in [5.41, 5.74) is 0. The lowest BCUT2D eigenvalue weighted by atomic mass is 10.0. The lowest BCUT2D eigenvalue weighted by molar-refractivity contribution is -0.151. The molecule has 0 aromatic rings. The van der Waals surface area contributed by atoms with Crippen LogP contribution in [0.15, 0.2) is 36.5 Å².